The van der Waals surface area contributed by atoms with Crippen molar-refractivity contribution in [2.24, 2.45) is 0 Å². The van der Waals surface area contributed by atoms with Crippen molar-refractivity contribution >= 4 is 102 Å². The van der Waals surface area contributed by atoms with Crippen LogP contribution < -0.4 is 45.0 Å². The summed E-state index contributed by atoms with van der Waals surface area (Å²) in [6.07, 6.45) is 0. The molecule has 0 unspecified atom stereocenters. The van der Waals surface area contributed by atoms with Gasteiger partial charge in [0.05, 0.1) is 0 Å². The van der Waals surface area contributed by atoms with E-state index in [1.165, 1.54) is 57.9 Å². The van der Waals surface area contributed by atoms with Gasteiger partial charge in [-0.15, -0.1) is 0 Å². The molecule has 2 aliphatic rings. The van der Waals surface area contributed by atoms with Gasteiger partial charge in [0.2, 0.25) is 0 Å². The van der Waals surface area contributed by atoms with E-state index >= 15 is 0 Å². The number of para-hydroxylation sites is 4. The molecule has 0 amide bonds. The number of hydrogen-bond acceptors (Lipinski definition) is 3. The summed E-state index contributed by atoms with van der Waals surface area (Å²) in [4.78, 5) is 19.2. The maximum atomic E-state index is 14.4. The average Bonchev–Trinajstić information content (AvgIpc) is 3.40. The standard InChI is InChI=1S/C61H44Ge2N2O/c66-61(45-37-41-51(42-38-45)64-57-33-17-13-29-53(57)62(47-21-5-1-6-22-47,48-23-7-2-8-24-48)54-30-14-18-34-58(54)64)46-39-43-52(44-40-46)65-59-35-19-15-31-55(59)63(49-25-9-3-10-26-49,50-27-11-4-12-28-50)56-32-16-20-36-60(56)65/h1-44H. The van der Waals surface area contributed by atoms with Crippen LogP contribution in [0.15, 0.2) is 267 Å². The number of benzene rings is 10. The molecule has 10 aromatic carbocycles. The molecular weight excluding hydrogens is 922 g/mol. The van der Waals surface area contributed by atoms with Crippen molar-refractivity contribution in [3.05, 3.63) is 278 Å². The Labute approximate surface area is 391 Å². The van der Waals surface area contributed by atoms with Crippen LogP contribution in [-0.4, -0.2) is 32.3 Å². The zero-order chi connectivity index (χ0) is 44.1. The van der Waals surface area contributed by atoms with E-state index in [-0.39, 0.29) is 5.78 Å². The average molecular weight is 966 g/mol. The van der Waals surface area contributed by atoms with Crippen molar-refractivity contribution in [3.63, 3.8) is 0 Å². The Morgan fingerprint density at radius 1 is 0.258 bits per heavy atom. The van der Waals surface area contributed by atoms with Crippen molar-refractivity contribution < 1.29 is 4.79 Å². The van der Waals surface area contributed by atoms with Crippen molar-refractivity contribution in [3.8, 4) is 0 Å². The van der Waals surface area contributed by atoms with E-state index in [0.717, 1.165) is 11.4 Å². The van der Waals surface area contributed by atoms with Gasteiger partial charge in [0.25, 0.3) is 0 Å². The van der Waals surface area contributed by atoms with E-state index in [2.05, 4.69) is 252 Å². The van der Waals surface area contributed by atoms with Gasteiger partial charge in [-0.25, -0.2) is 0 Å². The molecule has 0 N–H and O–H groups in total. The minimum absolute atomic E-state index is 0.00340. The normalized spacial score (nSPS) is 14.0. The number of ketones is 1. The Morgan fingerprint density at radius 2 is 0.485 bits per heavy atom. The Hall–Kier alpha value is -7.44. The molecule has 0 saturated carbocycles. The van der Waals surface area contributed by atoms with Crippen molar-refractivity contribution in [2.75, 3.05) is 9.80 Å². The molecule has 2 heterocycles. The number of anilines is 6. The molecule has 5 heteroatoms. The van der Waals surface area contributed by atoms with Crippen LogP contribution in [0.1, 0.15) is 15.9 Å². The predicted molar refractivity (Wildman–Crippen MR) is 280 cm³/mol. The van der Waals surface area contributed by atoms with E-state index in [1.807, 2.05) is 24.3 Å². The van der Waals surface area contributed by atoms with E-state index < -0.39 is 26.5 Å². The fraction of sp³-hybridized carbons (Fsp3) is 0. The van der Waals surface area contributed by atoms with Crippen molar-refractivity contribution in [1.29, 1.82) is 0 Å². The quantitative estimate of drug-likeness (QED) is 0.112. The third-order valence-electron chi connectivity index (χ3n) is 13.8. The summed E-state index contributed by atoms with van der Waals surface area (Å²) >= 11 is -6.95. The second kappa shape index (κ2) is 16.5. The fourth-order valence-electron chi connectivity index (χ4n) is 11.1. The first kappa shape index (κ1) is 40.1. The molecule has 0 fully saturated rings. The number of carbonyl (C=O) groups is 1. The summed E-state index contributed by atoms with van der Waals surface area (Å²) < 4.78 is 11.2. The van der Waals surface area contributed by atoms with E-state index in [4.69, 9.17) is 0 Å². The summed E-state index contributed by atoms with van der Waals surface area (Å²) in [5.41, 5.74) is 8.11. The van der Waals surface area contributed by atoms with Crippen LogP contribution in [0.5, 0.6) is 0 Å². The van der Waals surface area contributed by atoms with Gasteiger partial charge in [-0.3, -0.25) is 0 Å². The second-order valence-corrected chi connectivity index (χ2v) is 32.8. The van der Waals surface area contributed by atoms with E-state index in [0.29, 0.717) is 11.1 Å². The van der Waals surface area contributed by atoms with Crippen LogP contribution in [-0.2, 0) is 0 Å². The van der Waals surface area contributed by atoms with Crippen molar-refractivity contribution in [2.45, 2.75) is 0 Å². The fourth-order valence-corrected chi connectivity index (χ4v) is 32.5. The monoisotopic (exact) mass is 968 g/mol. The van der Waals surface area contributed by atoms with Gasteiger partial charge >= 0.3 is 394 Å². The van der Waals surface area contributed by atoms with Crippen LogP contribution in [0, 0.1) is 0 Å². The first-order chi connectivity index (χ1) is 32.7. The van der Waals surface area contributed by atoms with Crippen LogP contribution in [0.4, 0.5) is 34.1 Å². The van der Waals surface area contributed by atoms with Crippen molar-refractivity contribution in [1.82, 2.24) is 0 Å². The molecule has 0 radical (unpaired) electrons. The minimum atomic E-state index is -3.48. The van der Waals surface area contributed by atoms with Crippen LogP contribution in [0.2, 0.25) is 0 Å². The molecule has 0 bridgehead atoms. The summed E-state index contributed by atoms with van der Waals surface area (Å²) in [7, 11) is 0. The van der Waals surface area contributed by atoms with Gasteiger partial charge in [-0.2, -0.15) is 0 Å². The topological polar surface area (TPSA) is 23.6 Å². The molecule has 2 aliphatic heterocycles. The Morgan fingerprint density at radius 3 is 0.742 bits per heavy atom. The molecule has 12 rings (SSSR count). The molecule has 0 atom stereocenters. The summed E-state index contributed by atoms with van der Waals surface area (Å²) in [5.74, 6) is -0.00340. The number of rotatable bonds is 8. The molecule has 0 aromatic heterocycles. The number of hydrogen-bond donors (Lipinski definition) is 0. The Kier molecular flexibility index (Phi) is 10.0. The predicted octanol–water partition coefficient (Wildman–Crippen LogP) is 9.24. The second-order valence-electron chi connectivity index (χ2n) is 17.1. The third-order valence-corrected chi connectivity index (χ3v) is 34.2. The number of nitrogens with zero attached hydrogens (tertiary/aromatic N) is 2. The summed E-state index contributed by atoms with van der Waals surface area (Å²) in [6.45, 7) is 0. The summed E-state index contributed by atoms with van der Waals surface area (Å²) in [6, 6.07) is 96.8. The molecule has 312 valence electrons. The maximum absolute atomic E-state index is 14.4. The zero-order valence-corrected chi connectivity index (χ0v) is 40.4. The molecule has 0 aliphatic carbocycles. The van der Waals surface area contributed by atoms with Gasteiger partial charge in [-0.1, -0.05) is 0 Å². The van der Waals surface area contributed by atoms with Gasteiger partial charge in [-0.05, 0) is 0 Å². The SMILES string of the molecule is O=C(c1ccc(N2c3cccc[c]3[Ge]([c]3ccccc3)([c]3ccccc3)[c]3ccccc32)cc1)c1ccc(N2c3cccc[c]3[Ge]([c]3ccccc3)([c]3ccccc3)[c]3ccccc32)cc1. The molecule has 3 nitrogen and oxygen atoms in total. The van der Waals surface area contributed by atoms with Crippen LogP contribution in [0.25, 0.3) is 0 Å². The summed E-state index contributed by atoms with van der Waals surface area (Å²) in [5, 5.41) is 0. The third kappa shape index (κ3) is 6.14. The molecular formula is C61H44Ge2N2O. The van der Waals surface area contributed by atoms with Gasteiger partial charge in [0.1, 0.15) is 0 Å². The molecule has 66 heavy (non-hydrogen) atoms. The first-order valence-electron chi connectivity index (χ1n) is 22.6. The molecule has 0 spiro atoms. The van der Waals surface area contributed by atoms with Gasteiger partial charge < -0.3 is 0 Å². The van der Waals surface area contributed by atoms with Gasteiger partial charge in [0.15, 0.2) is 0 Å². The van der Waals surface area contributed by atoms with Gasteiger partial charge in [0, 0.05) is 0 Å². The Balaban J connectivity index is 0.905. The zero-order valence-electron chi connectivity index (χ0n) is 36.2. The molecule has 10 aromatic rings. The molecule has 0 saturated heterocycles. The number of carbonyl (C=O) groups excluding carboxylic acids is 1. The first-order valence-corrected chi connectivity index (χ1v) is 31.0. The van der Waals surface area contributed by atoms with E-state index in [9.17, 15) is 4.79 Å². The Bertz CT molecular complexity index is 2970. The number of fused-ring (bicyclic) bond motifs is 4. The van der Waals surface area contributed by atoms with Crippen LogP contribution >= 0.6 is 0 Å². The van der Waals surface area contributed by atoms with Crippen LogP contribution in [0.3, 0.4) is 0 Å². The van der Waals surface area contributed by atoms with E-state index in [1.54, 1.807) is 0 Å².